The number of carboxylic acids is 1. The minimum atomic E-state index is -3.60. The van der Waals surface area contributed by atoms with Crippen LogP contribution in [0.25, 0.3) is 0 Å². The van der Waals surface area contributed by atoms with Gasteiger partial charge < -0.3 is 9.84 Å². The van der Waals surface area contributed by atoms with Crippen molar-refractivity contribution in [2.75, 3.05) is 4.72 Å². The molecule has 0 radical (unpaired) electrons. The lowest BCUT2D eigenvalue weighted by atomic mass is 9.93. The van der Waals surface area contributed by atoms with Crippen molar-refractivity contribution < 1.29 is 23.1 Å². The zero-order valence-electron chi connectivity index (χ0n) is 17.6. The van der Waals surface area contributed by atoms with Crippen LogP contribution >= 0.6 is 0 Å². The molecule has 1 fully saturated rings. The van der Waals surface area contributed by atoms with Crippen LogP contribution in [0.3, 0.4) is 0 Å². The number of aryl methyl sites for hydroxylation is 1. The second-order valence-corrected chi connectivity index (χ2v) is 10.3. The standard InChI is InChI=1S/C23H29NO5S/c1-16(2)23(12-4-5-13-23)30(27,28)24-20-11-6-17(3)14-21(20)29-15-18-7-9-19(10-8-18)22(25)26/h6-11,14,16,24H,4-5,12-13,15H2,1-3H3,(H,25,26). The molecule has 1 saturated carbocycles. The molecule has 0 atom stereocenters. The van der Waals surface area contributed by atoms with Crippen LogP contribution in [-0.2, 0) is 16.6 Å². The Morgan fingerprint density at radius 3 is 2.33 bits per heavy atom. The van der Waals surface area contributed by atoms with Gasteiger partial charge in [-0.05, 0) is 61.1 Å². The molecule has 7 heteroatoms. The molecule has 3 rings (SSSR count). The zero-order chi connectivity index (χ0) is 21.9. The number of anilines is 1. The van der Waals surface area contributed by atoms with Gasteiger partial charge in [0.1, 0.15) is 12.4 Å². The first-order chi connectivity index (χ1) is 14.1. The summed E-state index contributed by atoms with van der Waals surface area (Å²) in [4.78, 5) is 11.0. The van der Waals surface area contributed by atoms with Gasteiger partial charge >= 0.3 is 5.97 Å². The molecular weight excluding hydrogens is 402 g/mol. The lowest BCUT2D eigenvalue weighted by molar-refractivity contribution is 0.0697. The third-order valence-corrected chi connectivity index (χ3v) is 8.45. The Balaban J connectivity index is 1.82. The Morgan fingerprint density at radius 2 is 1.77 bits per heavy atom. The van der Waals surface area contributed by atoms with Crippen LogP contribution in [0.4, 0.5) is 5.69 Å². The van der Waals surface area contributed by atoms with Gasteiger partial charge in [-0.3, -0.25) is 4.72 Å². The number of hydrogen-bond donors (Lipinski definition) is 2. The lowest BCUT2D eigenvalue weighted by Crippen LogP contribution is -2.44. The number of benzene rings is 2. The molecule has 0 bridgehead atoms. The van der Waals surface area contributed by atoms with Crippen molar-refractivity contribution in [3.63, 3.8) is 0 Å². The van der Waals surface area contributed by atoms with E-state index in [9.17, 15) is 13.2 Å². The van der Waals surface area contributed by atoms with Crippen molar-refractivity contribution in [3.8, 4) is 5.75 Å². The van der Waals surface area contributed by atoms with Crippen molar-refractivity contribution in [2.24, 2.45) is 5.92 Å². The van der Waals surface area contributed by atoms with E-state index in [0.29, 0.717) is 24.3 Å². The summed E-state index contributed by atoms with van der Waals surface area (Å²) < 4.78 is 34.7. The first kappa shape index (κ1) is 22.2. The van der Waals surface area contributed by atoms with Crippen LogP contribution in [0.2, 0.25) is 0 Å². The molecule has 0 saturated heterocycles. The van der Waals surface area contributed by atoms with Crippen LogP contribution < -0.4 is 9.46 Å². The maximum absolute atomic E-state index is 13.4. The second-order valence-electron chi connectivity index (χ2n) is 8.32. The van der Waals surface area contributed by atoms with Gasteiger partial charge in [-0.25, -0.2) is 13.2 Å². The number of sulfonamides is 1. The summed E-state index contributed by atoms with van der Waals surface area (Å²) in [6.45, 7) is 6.06. The van der Waals surface area contributed by atoms with E-state index in [1.807, 2.05) is 26.8 Å². The monoisotopic (exact) mass is 431 g/mol. The molecule has 1 aliphatic carbocycles. The topological polar surface area (TPSA) is 92.7 Å². The van der Waals surface area contributed by atoms with Crippen LogP contribution in [-0.4, -0.2) is 24.2 Å². The van der Waals surface area contributed by atoms with E-state index in [0.717, 1.165) is 24.0 Å². The van der Waals surface area contributed by atoms with Gasteiger partial charge in [0, 0.05) is 0 Å². The Hall–Kier alpha value is -2.54. The lowest BCUT2D eigenvalue weighted by Gasteiger charge is -2.33. The third-order valence-electron chi connectivity index (χ3n) is 6.01. The average molecular weight is 432 g/mol. The normalized spacial score (nSPS) is 15.9. The predicted octanol–water partition coefficient (Wildman–Crippen LogP) is 4.98. The van der Waals surface area contributed by atoms with Gasteiger partial charge in [-0.1, -0.05) is 44.9 Å². The fourth-order valence-corrected chi connectivity index (χ4v) is 6.22. The Morgan fingerprint density at radius 1 is 1.13 bits per heavy atom. The average Bonchev–Trinajstić information content (AvgIpc) is 3.20. The van der Waals surface area contributed by atoms with Crippen molar-refractivity contribution in [3.05, 3.63) is 59.2 Å². The number of ether oxygens (including phenoxy) is 1. The molecule has 0 amide bonds. The fourth-order valence-electron chi connectivity index (χ4n) is 4.11. The molecule has 0 unspecified atom stereocenters. The van der Waals surface area contributed by atoms with E-state index in [2.05, 4.69) is 4.72 Å². The maximum atomic E-state index is 13.4. The van der Waals surface area contributed by atoms with E-state index < -0.39 is 20.7 Å². The van der Waals surface area contributed by atoms with E-state index in [-0.39, 0.29) is 18.1 Å². The second kappa shape index (κ2) is 8.68. The third kappa shape index (κ3) is 4.46. The van der Waals surface area contributed by atoms with Crippen LogP contribution in [0.5, 0.6) is 5.75 Å². The molecule has 0 aromatic heterocycles. The van der Waals surface area contributed by atoms with Crippen LogP contribution in [0.15, 0.2) is 42.5 Å². The SMILES string of the molecule is Cc1ccc(NS(=O)(=O)C2(C(C)C)CCCC2)c(OCc2ccc(C(=O)O)cc2)c1. The Bertz CT molecular complexity index is 1010. The largest absolute Gasteiger partial charge is 0.487 e. The molecule has 162 valence electrons. The maximum Gasteiger partial charge on any atom is 0.335 e. The molecule has 0 heterocycles. The minimum absolute atomic E-state index is 0.0140. The summed E-state index contributed by atoms with van der Waals surface area (Å²) >= 11 is 0. The van der Waals surface area contributed by atoms with Crippen molar-refractivity contribution in [2.45, 2.75) is 57.8 Å². The quantitative estimate of drug-likeness (QED) is 0.615. The van der Waals surface area contributed by atoms with E-state index >= 15 is 0 Å². The van der Waals surface area contributed by atoms with Gasteiger partial charge in [0.2, 0.25) is 10.0 Å². The number of rotatable bonds is 8. The molecule has 1 aliphatic rings. The molecule has 2 aromatic rings. The molecule has 0 spiro atoms. The highest BCUT2D eigenvalue weighted by Crippen LogP contribution is 2.44. The summed E-state index contributed by atoms with van der Waals surface area (Å²) in [6, 6.07) is 11.8. The number of hydrogen-bond acceptors (Lipinski definition) is 4. The first-order valence-electron chi connectivity index (χ1n) is 10.2. The molecule has 2 N–H and O–H groups in total. The number of carbonyl (C=O) groups is 1. The van der Waals surface area contributed by atoms with E-state index in [1.165, 1.54) is 12.1 Å². The zero-order valence-corrected chi connectivity index (χ0v) is 18.5. The highest BCUT2D eigenvalue weighted by Gasteiger charge is 2.48. The molecule has 6 nitrogen and oxygen atoms in total. The van der Waals surface area contributed by atoms with Crippen molar-refractivity contribution >= 4 is 21.7 Å². The highest BCUT2D eigenvalue weighted by molar-refractivity contribution is 7.94. The predicted molar refractivity (Wildman–Crippen MR) is 117 cm³/mol. The summed E-state index contributed by atoms with van der Waals surface area (Å²) in [5.74, 6) is -0.512. The van der Waals surface area contributed by atoms with Crippen molar-refractivity contribution in [1.82, 2.24) is 0 Å². The Labute approximate surface area is 178 Å². The van der Waals surface area contributed by atoms with Crippen LogP contribution in [0, 0.1) is 12.8 Å². The molecule has 2 aromatic carbocycles. The van der Waals surface area contributed by atoms with Gasteiger partial charge in [0.25, 0.3) is 0 Å². The first-order valence-corrected chi connectivity index (χ1v) is 11.7. The number of aromatic carboxylic acids is 1. The van der Waals surface area contributed by atoms with E-state index in [4.69, 9.17) is 9.84 Å². The van der Waals surface area contributed by atoms with Gasteiger partial charge in [0.15, 0.2) is 0 Å². The highest BCUT2D eigenvalue weighted by atomic mass is 32.2. The van der Waals surface area contributed by atoms with Crippen LogP contribution in [0.1, 0.15) is 61.0 Å². The fraction of sp³-hybridized carbons (Fsp3) is 0.435. The minimum Gasteiger partial charge on any atom is -0.487 e. The molecule has 30 heavy (non-hydrogen) atoms. The Kier molecular flexibility index (Phi) is 6.41. The number of carboxylic acid groups (broad SMARTS) is 1. The van der Waals surface area contributed by atoms with Gasteiger partial charge in [-0.2, -0.15) is 0 Å². The summed E-state index contributed by atoms with van der Waals surface area (Å²) in [6.07, 6.45) is 3.17. The summed E-state index contributed by atoms with van der Waals surface area (Å²) in [5.41, 5.74) is 2.38. The summed E-state index contributed by atoms with van der Waals surface area (Å²) in [7, 11) is -3.60. The molecular formula is C23H29NO5S. The summed E-state index contributed by atoms with van der Waals surface area (Å²) in [5, 5.41) is 9.01. The van der Waals surface area contributed by atoms with Gasteiger partial charge in [0.05, 0.1) is 16.0 Å². The van der Waals surface area contributed by atoms with E-state index in [1.54, 1.807) is 24.3 Å². The van der Waals surface area contributed by atoms with Gasteiger partial charge in [-0.15, -0.1) is 0 Å². The smallest absolute Gasteiger partial charge is 0.335 e. The van der Waals surface area contributed by atoms with Crippen molar-refractivity contribution in [1.29, 1.82) is 0 Å². The molecule has 0 aliphatic heterocycles. The number of nitrogens with one attached hydrogen (secondary N) is 1.